The number of thiophene rings is 1. The SMILES string of the molecule is Clc1ccc(-c2cccc3sc4ccc(N(c5ccccc5)c5cccc6oc7ccccc7c56)cc4c23)cc1. The molecule has 2 aromatic heterocycles. The molecule has 0 atom stereocenters. The summed E-state index contributed by atoms with van der Waals surface area (Å²) in [5.74, 6) is 0. The van der Waals surface area contributed by atoms with Gasteiger partial charge in [-0.2, -0.15) is 0 Å². The van der Waals surface area contributed by atoms with Crippen molar-refractivity contribution in [2.24, 2.45) is 0 Å². The van der Waals surface area contributed by atoms with Crippen LogP contribution in [0.4, 0.5) is 17.1 Å². The molecule has 0 radical (unpaired) electrons. The molecule has 0 N–H and O–H groups in total. The molecule has 2 heterocycles. The van der Waals surface area contributed by atoms with Crippen molar-refractivity contribution < 1.29 is 4.42 Å². The second kappa shape index (κ2) is 9.27. The van der Waals surface area contributed by atoms with Crippen molar-refractivity contribution in [3.8, 4) is 11.1 Å². The summed E-state index contributed by atoms with van der Waals surface area (Å²) in [5, 5.41) is 5.48. The van der Waals surface area contributed by atoms with E-state index in [1.54, 1.807) is 0 Å². The van der Waals surface area contributed by atoms with Gasteiger partial charge in [-0.25, -0.2) is 0 Å². The largest absolute Gasteiger partial charge is 0.456 e. The van der Waals surface area contributed by atoms with Crippen molar-refractivity contribution in [2.45, 2.75) is 0 Å². The van der Waals surface area contributed by atoms with Crippen LogP contribution >= 0.6 is 22.9 Å². The average molecular weight is 552 g/mol. The minimum absolute atomic E-state index is 0.743. The van der Waals surface area contributed by atoms with Crippen molar-refractivity contribution in [3.05, 3.63) is 138 Å². The zero-order valence-electron chi connectivity index (χ0n) is 21.3. The maximum absolute atomic E-state index is 6.27. The number of fused-ring (bicyclic) bond motifs is 6. The molecule has 6 aromatic carbocycles. The molecule has 0 aliphatic rings. The third kappa shape index (κ3) is 3.70. The monoisotopic (exact) mass is 551 g/mol. The highest BCUT2D eigenvalue weighted by Crippen LogP contribution is 2.46. The van der Waals surface area contributed by atoms with Gasteiger partial charge in [0.15, 0.2) is 0 Å². The van der Waals surface area contributed by atoms with Crippen LogP contribution in [0.5, 0.6) is 0 Å². The third-order valence-electron chi connectivity index (χ3n) is 7.53. The molecule has 8 rings (SSSR count). The van der Waals surface area contributed by atoms with Crippen LogP contribution in [0.15, 0.2) is 138 Å². The Hall–Kier alpha value is -4.57. The first-order valence-electron chi connectivity index (χ1n) is 13.2. The molecule has 0 bridgehead atoms. The van der Waals surface area contributed by atoms with Gasteiger partial charge < -0.3 is 9.32 Å². The zero-order chi connectivity index (χ0) is 26.6. The van der Waals surface area contributed by atoms with E-state index in [-0.39, 0.29) is 0 Å². The van der Waals surface area contributed by atoms with E-state index in [4.69, 9.17) is 16.0 Å². The minimum atomic E-state index is 0.743. The fraction of sp³-hybridized carbons (Fsp3) is 0. The number of furan rings is 1. The van der Waals surface area contributed by atoms with E-state index in [2.05, 4.69) is 114 Å². The van der Waals surface area contributed by atoms with E-state index in [0.29, 0.717) is 0 Å². The van der Waals surface area contributed by atoms with Gasteiger partial charge >= 0.3 is 0 Å². The number of hydrogen-bond acceptors (Lipinski definition) is 3. The Kier molecular flexibility index (Phi) is 5.41. The van der Waals surface area contributed by atoms with Gasteiger partial charge in [-0.05, 0) is 77.9 Å². The summed E-state index contributed by atoms with van der Waals surface area (Å²) in [6.07, 6.45) is 0. The summed E-state index contributed by atoms with van der Waals surface area (Å²) in [7, 11) is 0. The van der Waals surface area contributed by atoms with Crippen molar-refractivity contribution in [3.63, 3.8) is 0 Å². The van der Waals surface area contributed by atoms with Gasteiger partial charge in [0, 0.05) is 42.0 Å². The average Bonchev–Trinajstić information content (AvgIpc) is 3.57. The molecular weight excluding hydrogens is 530 g/mol. The van der Waals surface area contributed by atoms with Gasteiger partial charge in [0.1, 0.15) is 11.2 Å². The molecule has 0 aliphatic carbocycles. The topological polar surface area (TPSA) is 16.4 Å². The Labute approximate surface area is 240 Å². The lowest BCUT2D eigenvalue weighted by atomic mass is 9.99. The zero-order valence-corrected chi connectivity index (χ0v) is 22.9. The highest BCUT2D eigenvalue weighted by Gasteiger charge is 2.20. The van der Waals surface area contributed by atoms with Crippen LogP contribution in [0.2, 0.25) is 5.02 Å². The van der Waals surface area contributed by atoms with Crippen LogP contribution in [0.1, 0.15) is 0 Å². The van der Waals surface area contributed by atoms with E-state index < -0.39 is 0 Å². The predicted octanol–water partition coefficient (Wildman–Crippen LogP) is 11.7. The fourth-order valence-electron chi connectivity index (χ4n) is 5.77. The van der Waals surface area contributed by atoms with Crippen LogP contribution < -0.4 is 4.90 Å². The highest BCUT2D eigenvalue weighted by molar-refractivity contribution is 7.26. The van der Waals surface area contributed by atoms with Gasteiger partial charge in [-0.1, -0.05) is 78.3 Å². The standard InChI is InChI=1S/C36H22ClNOS/c37-24-18-16-23(17-19-24)27-11-6-15-34-35(27)29-22-26(20-21-33(29)40-34)38(25-8-2-1-3-9-25)30-12-7-14-32-36(30)28-10-4-5-13-31(28)39-32/h1-22H. The molecule has 2 nitrogen and oxygen atoms in total. The molecule has 0 fully saturated rings. The van der Waals surface area contributed by atoms with E-state index in [1.165, 1.54) is 25.7 Å². The number of hydrogen-bond donors (Lipinski definition) is 0. The van der Waals surface area contributed by atoms with Crippen LogP contribution in [0, 0.1) is 0 Å². The molecular formula is C36H22ClNOS. The number of nitrogens with zero attached hydrogens (tertiary/aromatic N) is 1. The number of benzene rings is 6. The minimum Gasteiger partial charge on any atom is -0.456 e. The second-order valence-electron chi connectivity index (χ2n) is 9.89. The highest BCUT2D eigenvalue weighted by atomic mass is 35.5. The second-order valence-corrected chi connectivity index (χ2v) is 11.4. The van der Waals surface area contributed by atoms with Gasteiger partial charge in [-0.15, -0.1) is 11.3 Å². The Morgan fingerprint density at radius 1 is 0.550 bits per heavy atom. The summed E-state index contributed by atoms with van der Waals surface area (Å²) in [5.41, 5.74) is 7.43. The van der Waals surface area contributed by atoms with Crippen molar-refractivity contribution >= 4 is 82.1 Å². The summed E-state index contributed by atoms with van der Waals surface area (Å²) in [4.78, 5) is 2.35. The molecule has 0 spiro atoms. The number of rotatable bonds is 4. The number of anilines is 3. The number of halogens is 1. The van der Waals surface area contributed by atoms with E-state index in [0.717, 1.165) is 49.6 Å². The van der Waals surface area contributed by atoms with Crippen LogP contribution in [0.25, 0.3) is 53.2 Å². The maximum atomic E-state index is 6.27. The van der Waals surface area contributed by atoms with Crippen molar-refractivity contribution in [1.82, 2.24) is 0 Å². The Balaban J connectivity index is 1.41. The van der Waals surface area contributed by atoms with Crippen LogP contribution in [0.3, 0.4) is 0 Å². The third-order valence-corrected chi connectivity index (χ3v) is 8.92. The number of para-hydroxylation sites is 2. The Morgan fingerprint density at radius 3 is 2.20 bits per heavy atom. The van der Waals surface area contributed by atoms with Gasteiger partial charge in [-0.3, -0.25) is 0 Å². The van der Waals surface area contributed by atoms with Gasteiger partial charge in [0.05, 0.1) is 11.1 Å². The molecule has 40 heavy (non-hydrogen) atoms. The molecule has 190 valence electrons. The summed E-state index contributed by atoms with van der Waals surface area (Å²) in [6, 6.07) is 46.7. The molecule has 0 amide bonds. The molecule has 0 aliphatic heterocycles. The normalized spacial score (nSPS) is 11.6. The lowest BCUT2D eigenvalue weighted by Gasteiger charge is -2.26. The summed E-state index contributed by atoms with van der Waals surface area (Å²) < 4.78 is 8.81. The quantitative estimate of drug-likeness (QED) is 0.216. The van der Waals surface area contributed by atoms with E-state index >= 15 is 0 Å². The van der Waals surface area contributed by atoms with Gasteiger partial charge in [0.2, 0.25) is 0 Å². The van der Waals surface area contributed by atoms with E-state index in [1.807, 2.05) is 35.6 Å². The Morgan fingerprint density at radius 2 is 1.32 bits per heavy atom. The first-order valence-corrected chi connectivity index (χ1v) is 14.4. The maximum Gasteiger partial charge on any atom is 0.137 e. The fourth-order valence-corrected chi connectivity index (χ4v) is 7.01. The smallest absolute Gasteiger partial charge is 0.137 e. The molecule has 0 saturated carbocycles. The van der Waals surface area contributed by atoms with Gasteiger partial charge in [0.25, 0.3) is 0 Å². The first kappa shape index (κ1) is 23.3. The lowest BCUT2D eigenvalue weighted by Crippen LogP contribution is -2.10. The first-order chi connectivity index (χ1) is 19.7. The van der Waals surface area contributed by atoms with Crippen LogP contribution in [-0.2, 0) is 0 Å². The molecule has 4 heteroatoms. The van der Waals surface area contributed by atoms with Crippen molar-refractivity contribution in [2.75, 3.05) is 4.90 Å². The van der Waals surface area contributed by atoms with Crippen molar-refractivity contribution in [1.29, 1.82) is 0 Å². The molecule has 0 unspecified atom stereocenters. The molecule has 0 saturated heterocycles. The molecule has 8 aromatic rings. The lowest BCUT2D eigenvalue weighted by molar-refractivity contribution is 0.669. The van der Waals surface area contributed by atoms with Crippen LogP contribution in [-0.4, -0.2) is 0 Å². The summed E-state index contributed by atoms with van der Waals surface area (Å²) >= 11 is 8.05. The summed E-state index contributed by atoms with van der Waals surface area (Å²) in [6.45, 7) is 0. The Bertz CT molecular complexity index is 2180. The predicted molar refractivity (Wildman–Crippen MR) is 172 cm³/mol. The van der Waals surface area contributed by atoms with E-state index in [9.17, 15) is 0 Å².